The molecule has 1 unspecified atom stereocenters. The zero-order valence-electron chi connectivity index (χ0n) is 11.1. The Morgan fingerprint density at radius 3 is 2.50 bits per heavy atom. The van der Waals surface area contributed by atoms with E-state index in [4.69, 9.17) is 10.5 Å². The third kappa shape index (κ3) is 3.24. The summed E-state index contributed by atoms with van der Waals surface area (Å²) in [4.78, 5) is 0. The summed E-state index contributed by atoms with van der Waals surface area (Å²) < 4.78 is 5.67. The van der Waals surface area contributed by atoms with Crippen LogP contribution in [0.4, 0.5) is 0 Å². The zero-order valence-corrected chi connectivity index (χ0v) is 11.1. The Balaban J connectivity index is 1.89. The summed E-state index contributed by atoms with van der Waals surface area (Å²) >= 11 is 0. The van der Waals surface area contributed by atoms with Crippen LogP contribution in [-0.4, -0.2) is 23.9 Å². The lowest BCUT2D eigenvalue weighted by Crippen LogP contribution is -2.45. The van der Waals surface area contributed by atoms with Gasteiger partial charge in [-0.1, -0.05) is 25.5 Å². The maximum atomic E-state index is 10.3. The van der Waals surface area contributed by atoms with Crippen molar-refractivity contribution in [3.8, 4) is 5.75 Å². The summed E-state index contributed by atoms with van der Waals surface area (Å²) in [5.74, 6) is 1.13. The predicted octanol–water partition coefficient (Wildman–Crippen LogP) is 2.12. The lowest BCUT2D eigenvalue weighted by molar-refractivity contribution is -0.0162. The molecule has 1 saturated carbocycles. The Kier molecular flexibility index (Phi) is 4.25. The quantitative estimate of drug-likeness (QED) is 0.778. The summed E-state index contributed by atoms with van der Waals surface area (Å²) in [5, 5.41) is 10.3. The second kappa shape index (κ2) is 5.72. The van der Waals surface area contributed by atoms with E-state index in [0.29, 0.717) is 12.5 Å². The number of rotatable bonds is 7. The lowest BCUT2D eigenvalue weighted by atomic mass is 9.99. The first-order chi connectivity index (χ1) is 8.68. The van der Waals surface area contributed by atoms with Gasteiger partial charge in [0.1, 0.15) is 18.0 Å². The fourth-order valence-electron chi connectivity index (χ4n) is 2.21. The van der Waals surface area contributed by atoms with Crippen molar-refractivity contribution in [1.82, 2.24) is 0 Å². The molecule has 2 rings (SSSR count). The number of aliphatic hydroxyl groups is 1. The molecule has 3 heteroatoms. The number of nitrogens with two attached hydrogens (primary N) is 1. The maximum absolute atomic E-state index is 10.3. The van der Waals surface area contributed by atoms with Crippen LogP contribution in [0.5, 0.6) is 5.75 Å². The molecule has 0 aromatic heterocycles. The maximum Gasteiger partial charge on any atom is 0.119 e. The molecule has 3 N–H and O–H groups in total. The van der Waals surface area contributed by atoms with Crippen molar-refractivity contribution in [3.05, 3.63) is 29.8 Å². The molecule has 3 nitrogen and oxygen atoms in total. The molecule has 0 radical (unpaired) electrons. The molecular formula is C15H23NO2. The fourth-order valence-corrected chi connectivity index (χ4v) is 2.21. The van der Waals surface area contributed by atoms with Gasteiger partial charge in [-0.25, -0.2) is 0 Å². The van der Waals surface area contributed by atoms with Gasteiger partial charge < -0.3 is 15.6 Å². The molecule has 0 heterocycles. The van der Waals surface area contributed by atoms with E-state index in [0.717, 1.165) is 31.4 Å². The highest BCUT2D eigenvalue weighted by atomic mass is 16.5. The minimum absolute atomic E-state index is 0.269. The summed E-state index contributed by atoms with van der Waals surface area (Å²) in [6.45, 7) is 2.73. The number of hydrogen-bond donors (Lipinski definition) is 2. The topological polar surface area (TPSA) is 55.5 Å². The Labute approximate surface area is 109 Å². The highest BCUT2D eigenvalue weighted by molar-refractivity contribution is 5.27. The number of aryl methyl sites for hydroxylation is 1. The monoisotopic (exact) mass is 249 g/mol. The number of hydrogen-bond acceptors (Lipinski definition) is 3. The summed E-state index contributed by atoms with van der Waals surface area (Å²) in [7, 11) is 0. The Morgan fingerprint density at radius 2 is 2.00 bits per heavy atom. The largest absolute Gasteiger partial charge is 0.491 e. The molecule has 0 spiro atoms. The van der Waals surface area contributed by atoms with Gasteiger partial charge in [0.05, 0.1) is 0 Å². The fraction of sp³-hybridized carbons (Fsp3) is 0.600. The first-order valence-electron chi connectivity index (χ1n) is 6.82. The average Bonchev–Trinajstić information content (AvgIpc) is 3.23. The van der Waals surface area contributed by atoms with E-state index >= 15 is 0 Å². The van der Waals surface area contributed by atoms with Crippen LogP contribution in [0.3, 0.4) is 0 Å². The van der Waals surface area contributed by atoms with Crippen molar-refractivity contribution >= 4 is 0 Å². The molecule has 0 aliphatic heterocycles. The molecule has 0 saturated heterocycles. The van der Waals surface area contributed by atoms with Crippen molar-refractivity contribution < 1.29 is 9.84 Å². The van der Waals surface area contributed by atoms with Gasteiger partial charge in [0, 0.05) is 6.54 Å². The molecule has 0 amide bonds. The highest BCUT2D eigenvalue weighted by Gasteiger charge is 2.43. The van der Waals surface area contributed by atoms with Gasteiger partial charge in [-0.05, 0) is 42.9 Å². The SMILES string of the molecule is CCCc1ccc(OCC(O)(CN)C2CC2)cc1. The van der Waals surface area contributed by atoms with E-state index in [9.17, 15) is 5.11 Å². The van der Waals surface area contributed by atoms with E-state index in [1.807, 2.05) is 12.1 Å². The van der Waals surface area contributed by atoms with Gasteiger partial charge in [0.2, 0.25) is 0 Å². The first kappa shape index (κ1) is 13.4. The molecule has 0 bridgehead atoms. The van der Waals surface area contributed by atoms with E-state index in [-0.39, 0.29) is 6.54 Å². The number of ether oxygens (including phenoxy) is 1. The Bertz CT molecular complexity index is 373. The van der Waals surface area contributed by atoms with Crippen molar-refractivity contribution in [2.24, 2.45) is 11.7 Å². The molecule has 1 aliphatic rings. The second-order valence-corrected chi connectivity index (χ2v) is 5.26. The third-order valence-corrected chi connectivity index (χ3v) is 3.64. The average molecular weight is 249 g/mol. The number of benzene rings is 1. The summed E-state index contributed by atoms with van der Waals surface area (Å²) in [6.07, 6.45) is 4.36. The van der Waals surface area contributed by atoms with Crippen LogP contribution in [0.25, 0.3) is 0 Å². The van der Waals surface area contributed by atoms with Gasteiger partial charge >= 0.3 is 0 Å². The standard InChI is InChI=1S/C15H23NO2/c1-2-3-12-4-8-14(9-5-12)18-11-15(17,10-16)13-6-7-13/h4-5,8-9,13,17H,2-3,6-7,10-11,16H2,1H3. The minimum atomic E-state index is -0.845. The molecule has 1 aliphatic carbocycles. The summed E-state index contributed by atoms with van der Waals surface area (Å²) in [6, 6.07) is 8.10. The summed E-state index contributed by atoms with van der Waals surface area (Å²) in [5.41, 5.74) is 6.12. The van der Waals surface area contributed by atoms with Crippen LogP contribution < -0.4 is 10.5 Å². The smallest absolute Gasteiger partial charge is 0.119 e. The van der Waals surface area contributed by atoms with Crippen molar-refractivity contribution in [1.29, 1.82) is 0 Å². The zero-order chi connectivity index (χ0) is 13.0. The minimum Gasteiger partial charge on any atom is -0.491 e. The Hall–Kier alpha value is -1.06. The molecule has 1 aromatic carbocycles. The van der Waals surface area contributed by atoms with Gasteiger partial charge in [-0.3, -0.25) is 0 Å². The molecule has 1 atom stereocenters. The van der Waals surface area contributed by atoms with E-state index < -0.39 is 5.60 Å². The normalized spacial score (nSPS) is 18.4. The van der Waals surface area contributed by atoms with Crippen LogP contribution in [-0.2, 0) is 6.42 Å². The van der Waals surface area contributed by atoms with Gasteiger partial charge in [0.25, 0.3) is 0 Å². The third-order valence-electron chi connectivity index (χ3n) is 3.64. The van der Waals surface area contributed by atoms with Crippen LogP contribution in [0.1, 0.15) is 31.7 Å². The van der Waals surface area contributed by atoms with Crippen LogP contribution in [0, 0.1) is 5.92 Å². The lowest BCUT2D eigenvalue weighted by Gasteiger charge is -2.26. The van der Waals surface area contributed by atoms with Crippen molar-refractivity contribution in [3.63, 3.8) is 0 Å². The molecule has 1 aromatic rings. The van der Waals surface area contributed by atoms with Crippen LogP contribution in [0.15, 0.2) is 24.3 Å². The van der Waals surface area contributed by atoms with E-state index in [1.165, 1.54) is 5.56 Å². The molecule has 18 heavy (non-hydrogen) atoms. The molecule has 100 valence electrons. The van der Waals surface area contributed by atoms with Gasteiger partial charge in [-0.2, -0.15) is 0 Å². The molecular weight excluding hydrogens is 226 g/mol. The predicted molar refractivity (Wildman–Crippen MR) is 72.7 cm³/mol. The highest BCUT2D eigenvalue weighted by Crippen LogP contribution is 2.39. The van der Waals surface area contributed by atoms with Crippen LogP contribution >= 0.6 is 0 Å². The van der Waals surface area contributed by atoms with Gasteiger partial charge in [0.15, 0.2) is 0 Å². The second-order valence-electron chi connectivity index (χ2n) is 5.26. The van der Waals surface area contributed by atoms with Crippen molar-refractivity contribution in [2.45, 2.75) is 38.2 Å². The Morgan fingerprint density at radius 1 is 1.33 bits per heavy atom. The van der Waals surface area contributed by atoms with Crippen molar-refractivity contribution in [2.75, 3.05) is 13.2 Å². The van der Waals surface area contributed by atoms with Gasteiger partial charge in [-0.15, -0.1) is 0 Å². The van der Waals surface area contributed by atoms with E-state index in [1.54, 1.807) is 0 Å². The van der Waals surface area contributed by atoms with E-state index in [2.05, 4.69) is 19.1 Å². The van der Waals surface area contributed by atoms with Crippen LogP contribution in [0.2, 0.25) is 0 Å². The molecule has 1 fully saturated rings. The first-order valence-corrected chi connectivity index (χ1v) is 6.82.